The third kappa shape index (κ3) is 3.75. The Bertz CT molecular complexity index is 624. The molecule has 0 aromatic heterocycles. The molecule has 0 saturated heterocycles. The molecule has 0 fully saturated rings. The Hall–Kier alpha value is -2.49. The number of hydrogen-bond acceptors (Lipinski definition) is 3. The number of aryl methyl sites for hydroxylation is 1. The molecule has 2 aromatic carbocycles. The second-order valence-electron chi connectivity index (χ2n) is 4.83. The van der Waals surface area contributed by atoms with Crippen molar-refractivity contribution < 1.29 is 9.90 Å². The number of amides is 1. The minimum absolute atomic E-state index is 0.0857. The molecule has 0 radical (unpaired) electrons. The van der Waals surface area contributed by atoms with Crippen molar-refractivity contribution in [1.82, 2.24) is 5.32 Å². The second-order valence-corrected chi connectivity index (χ2v) is 4.83. The molecule has 0 atom stereocenters. The number of nitrogen functional groups attached to an aromatic ring is 1. The summed E-state index contributed by atoms with van der Waals surface area (Å²) in [5.41, 5.74) is 8.92. The normalized spacial score (nSPS) is 10.2. The maximum absolute atomic E-state index is 11.9. The zero-order valence-electron chi connectivity index (χ0n) is 11.4. The van der Waals surface area contributed by atoms with E-state index in [2.05, 4.69) is 5.32 Å². The van der Waals surface area contributed by atoms with Gasteiger partial charge >= 0.3 is 0 Å². The first-order chi connectivity index (χ1) is 9.54. The summed E-state index contributed by atoms with van der Waals surface area (Å²) in [4.78, 5) is 11.9. The summed E-state index contributed by atoms with van der Waals surface area (Å²) in [5.74, 6) is 0.0486. The van der Waals surface area contributed by atoms with Crippen LogP contribution in [0.2, 0.25) is 0 Å². The molecule has 4 nitrogen and oxygen atoms in total. The molecule has 4 N–H and O–H groups in total. The average Bonchev–Trinajstić information content (AvgIpc) is 2.40. The minimum Gasteiger partial charge on any atom is -0.508 e. The number of nitrogens with two attached hydrogens (primary N) is 1. The van der Waals surface area contributed by atoms with E-state index in [1.807, 2.05) is 31.2 Å². The van der Waals surface area contributed by atoms with Crippen molar-refractivity contribution in [3.05, 3.63) is 59.2 Å². The van der Waals surface area contributed by atoms with Crippen LogP contribution in [-0.4, -0.2) is 11.0 Å². The van der Waals surface area contributed by atoms with E-state index in [1.165, 1.54) is 6.07 Å². The lowest BCUT2D eigenvalue weighted by Crippen LogP contribution is -2.24. The predicted octanol–water partition coefficient (Wildman–Crippen LogP) is 2.14. The van der Waals surface area contributed by atoms with Crippen LogP contribution in [0.15, 0.2) is 42.5 Å². The Morgan fingerprint density at radius 3 is 2.80 bits per heavy atom. The maximum atomic E-state index is 11.9. The third-order valence-electron chi connectivity index (χ3n) is 3.03. The van der Waals surface area contributed by atoms with Crippen LogP contribution in [0, 0.1) is 6.92 Å². The average molecular weight is 270 g/mol. The zero-order chi connectivity index (χ0) is 14.5. The van der Waals surface area contributed by atoms with Crippen LogP contribution < -0.4 is 11.1 Å². The Balaban J connectivity index is 1.94. The van der Waals surface area contributed by atoms with E-state index in [0.29, 0.717) is 17.7 Å². The van der Waals surface area contributed by atoms with Crippen molar-refractivity contribution in [2.75, 3.05) is 5.73 Å². The van der Waals surface area contributed by atoms with E-state index < -0.39 is 0 Å². The number of phenolic OH excluding ortho intramolecular Hbond substituents is 1. The summed E-state index contributed by atoms with van der Waals surface area (Å²) in [7, 11) is 0. The molecule has 104 valence electrons. The largest absolute Gasteiger partial charge is 0.508 e. The number of nitrogens with one attached hydrogen (secondary N) is 1. The monoisotopic (exact) mass is 270 g/mol. The number of carbonyl (C=O) groups is 1. The summed E-state index contributed by atoms with van der Waals surface area (Å²) in [6.07, 6.45) is 0.324. The lowest BCUT2D eigenvalue weighted by Gasteiger charge is -2.08. The summed E-state index contributed by atoms with van der Waals surface area (Å²) < 4.78 is 0. The Labute approximate surface area is 118 Å². The van der Waals surface area contributed by atoms with Crippen LogP contribution >= 0.6 is 0 Å². The molecule has 0 aliphatic rings. The van der Waals surface area contributed by atoms with E-state index in [0.717, 1.165) is 11.1 Å². The molecule has 0 aliphatic heterocycles. The van der Waals surface area contributed by atoms with E-state index in [4.69, 9.17) is 5.73 Å². The molecule has 0 bridgehead atoms. The minimum atomic E-state index is -0.0857. The van der Waals surface area contributed by atoms with Crippen molar-refractivity contribution in [3.63, 3.8) is 0 Å². The highest BCUT2D eigenvalue weighted by Crippen LogP contribution is 2.19. The molecule has 2 rings (SSSR count). The van der Waals surface area contributed by atoms with Gasteiger partial charge in [-0.2, -0.15) is 0 Å². The third-order valence-corrected chi connectivity index (χ3v) is 3.03. The lowest BCUT2D eigenvalue weighted by molar-refractivity contribution is -0.120. The smallest absolute Gasteiger partial charge is 0.224 e. The van der Waals surface area contributed by atoms with Gasteiger partial charge in [0, 0.05) is 17.8 Å². The molecular formula is C16H18N2O2. The number of aromatic hydroxyl groups is 1. The summed E-state index contributed by atoms with van der Waals surface area (Å²) in [6, 6.07) is 12.6. The van der Waals surface area contributed by atoms with Gasteiger partial charge in [-0.15, -0.1) is 0 Å². The topological polar surface area (TPSA) is 75.4 Å². The summed E-state index contributed by atoms with van der Waals surface area (Å²) >= 11 is 0. The number of benzene rings is 2. The molecule has 0 aliphatic carbocycles. The first-order valence-electron chi connectivity index (χ1n) is 6.44. The quantitative estimate of drug-likeness (QED) is 0.588. The highest BCUT2D eigenvalue weighted by Gasteiger charge is 2.06. The van der Waals surface area contributed by atoms with E-state index in [-0.39, 0.29) is 18.2 Å². The number of hydrogen-bond donors (Lipinski definition) is 3. The van der Waals surface area contributed by atoms with Crippen LogP contribution in [0.4, 0.5) is 5.69 Å². The molecule has 0 saturated carbocycles. The van der Waals surface area contributed by atoms with Crippen LogP contribution in [0.25, 0.3) is 0 Å². The lowest BCUT2D eigenvalue weighted by atomic mass is 10.1. The van der Waals surface area contributed by atoms with Gasteiger partial charge < -0.3 is 16.2 Å². The highest BCUT2D eigenvalue weighted by molar-refractivity contribution is 5.78. The predicted molar refractivity (Wildman–Crippen MR) is 79.2 cm³/mol. The van der Waals surface area contributed by atoms with E-state index >= 15 is 0 Å². The molecule has 2 aromatic rings. The molecule has 0 unspecified atom stereocenters. The van der Waals surface area contributed by atoms with Crippen LogP contribution in [-0.2, 0) is 17.8 Å². The van der Waals surface area contributed by atoms with Gasteiger partial charge in [-0.25, -0.2) is 0 Å². The van der Waals surface area contributed by atoms with Crippen LogP contribution in [0.5, 0.6) is 5.75 Å². The molecule has 4 heteroatoms. The fourth-order valence-electron chi connectivity index (χ4n) is 2.01. The van der Waals surface area contributed by atoms with Crippen LogP contribution in [0.1, 0.15) is 16.7 Å². The van der Waals surface area contributed by atoms with Crippen molar-refractivity contribution in [1.29, 1.82) is 0 Å². The molecule has 1 amide bonds. The highest BCUT2D eigenvalue weighted by atomic mass is 16.3. The van der Waals surface area contributed by atoms with Gasteiger partial charge in [0.2, 0.25) is 5.91 Å². The van der Waals surface area contributed by atoms with Gasteiger partial charge in [-0.1, -0.05) is 29.8 Å². The Morgan fingerprint density at radius 2 is 2.05 bits per heavy atom. The second kappa shape index (κ2) is 6.10. The molecule has 0 heterocycles. The van der Waals surface area contributed by atoms with Crippen molar-refractivity contribution >= 4 is 11.6 Å². The van der Waals surface area contributed by atoms with Gasteiger partial charge in [-0.3, -0.25) is 4.79 Å². The van der Waals surface area contributed by atoms with Gasteiger partial charge in [-0.05, 0) is 30.7 Å². The summed E-state index contributed by atoms with van der Waals surface area (Å²) in [5, 5.41) is 12.4. The summed E-state index contributed by atoms with van der Waals surface area (Å²) in [6.45, 7) is 2.26. The fraction of sp³-hybridized carbons (Fsp3) is 0.188. The number of anilines is 1. The Kier molecular flexibility index (Phi) is 4.25. The first kappa shape index (κ1) is 13.9. The van der Waals surface area contributed by atoms with E-state index in [9.17, 15) is 9.90 Å². The zero-order valence-corrected chi connectivity index (χ0v) is 11.4. The van der Waals surface area contributed by atoms with Gasteiger partial charge in [0.05, 0.1) is 6.42 Å². The van der Waals surface area contributed by atoms with Crippen molar-refractivity contribution in [3.8, 4) is 5.75 Å². The van der Waals surface area contributed by atoms with Crippen molar-refractivity contribution in [2.24, 2.45) is 0 Å². The number of carbonyl (C=O) groups excluding carboxylic acids is 1. The maximum Gasteiger partial charge on any atom is 0.224 e. The van der Waals surface area contributed by atoms with Gasteiger partial charge in [0.15, 0.2) is 0 Å². The number of rotatable bonds is 4. The van der Waals surface area contributed by atoms with E-state index in [1.54, 1.807) is 12.1 Å². The molecule has 20 heavy (non-hydrogen) atoms. The van der Waals surface area contributed by atoms with Gasteiger partial charge in [0.1, 0.15) is 5.75 Å². The molecular weight excluding hydrogens is 252 g/mol. The SMILES string of the molecule is Cc1cccc(CC(=O)NCc2cc(N)ccc2O)c1. The van der Waals surface area contributed by atoms with Crippen molar-refractivity contribution in [2.45, 2.75) is 19.9 Å². The van der Waals surface area contributed by atoms with Gasteiger partial charge in [0.25, 0.3) is 0 Å². The number of phenols is 1. The van der Waals surface area contributed by atoms with Crippen LogP contribution in [0.3, 0.4) is 0 Å². The fourth-order valence-corrected chi connectivity index (χ4v) is 2.01. The molecule has 0 spiro atoms. The standard InChI is InChI=1S/C16H18N2O2/c1-11-3-2-4-12(7-11)8-16(20)18-10-13-9-14(17)5-6-15(13)19/h2-7,9,19H,8,10,17H2,1H3,(H,18,20). The Morgan fingerprint density at radius 1 is 1.25 bits per heavy atom. The first-order valence-corrected chi connectivity index (χ1v) is 6.44.